The molecule has 0 aromatic rings. The summed E-state index contributed by atoms with van der Waals surface area (Å²) in [5.41, 5.74) is 0.828. The molecule has 1 saturated heterocycles. The van der Waals surface area contributed by atoms with Gasteiger partial charge in [-0.3, -0.25) is 4.79 Å². The number of aliphatic hydroxyl groups is 1. The van der Waals surface area contributed by atoms with Crippen molar-refractivity contribution in [1.29, 1.82) is 0 Å². The summed E-state index contributed by atoms with van der Waals surface area (Å²) in [4.78, 5) is 12.4. The van der Waals surface area contributed by atoms with Gasteiger partial charge in [0, 0.05) is 16.9 Å². The Morgan fingerprint density at radius 1 is 1.04 bits per heavy atom. The minimum atomic E-state index is -1.08. The van der Waals surface area contributed by atoms with Gasteiger partial charge in [0.15, 0.2) is 5.78 Å². The van der Waals surface area contributed by atoms with Gasteiger partial charge in [-0.05, 0) is 81.5 Å². The van der Waals surface area contributed by atoms with Crippen molar-refractivity contribution >= 4 is 29.3 Å². The summed E-state index contributed by atoms with van der Waals surface area (Å²) in [7, 11) is 0. The molecule has 1 heterocycles. The van der Waals surface area contributed by atoms with Crippen LogP contribution in [0.3, 0.4) is 0 Å². The van der Waals surface area contributed by atoms with E-state index in [1.165, 1.54) is 43.6 Å². The van der Waals surface area contributed by atoms with Crippen LogP contribution in [0, 0.1) is 28.6 Å². The Hall–Kier alpha value is 0.0700. The number of allylic oxidation sites excluding steroid dienone is 1. The fraction of sp³-hybridized carbons (Fsp3) is 0.870. The molecule has 0 aromatic heterocycles. The first-order valence-corrected chi connectivity index (χ1v) is 12.9. The molecule has 0 unspecified atom stereocenters. The number of hydrogen-bond donors (Lipinski definition) is 1. The SMILES string of the molecule is C[C@]12CCC3(C=C1CC[C@@H]1[C@@H]2CC[C@@]2(C)[C@H]1CC[C@]2(O)C([13CH3])=O)SCCS3. The van der Waals surface area contributed by atoms with E-state index in [9.17, 15) is 9.90 Å². The van der Waals surface area contributed by atoms with E-state index in [1.807, 2.05) is 0 Å². The largest absolute Gasteiger partial charge is 0.382 e. The van der Waals surface area contributed by atoms with Crippen LogP contribution in [0.5, 0.6) is 0 Å². The Bertz CT molecular complexity index is 696. The maximum atomic E-state index is 12.4. The molecule has 27 heavy (non-hydrogen) atoms. The molecule has 1 N–H and O–H groups in total. The molecule has 4 heteroatoms. The van der Waals surface area contributed by atoms with Crippen molar-refractivity contribution in [1.82, 2.24) is 0 Å². The molecule has 0 amide bonds. The Labute approximate surface area is 172 Å². The second-order valence-electron chi connectivity index (χ2n) is 10.4. The number of rotatable bonds is 1. The maximum absolute atomic E-state index is 12.4. The van der Waals surface area contributed by atoms with Crippen molar-refractivity contribution in [3.8, 4) is 0 Å². The normalized spacial score (nSPS) is 50.7. The van der Waals surface area contributed by atoms with Gasteiger partial charge in [-0.15, -0.1) is 23.5 Å². The number of Topliss-reactive ketones (excluding diaryl/α,β-unsaturated/α-hetero) is 1. The topological polar surface area (TPSA) is 37.3 Å². The van der Waals surface area contributed by atoms with Crippen molar-refractivity contribution in [3.05, 3.63) is 11.6 Å². The van der Waals surface area contributed by atoms with E-state index in [2.05, 4.69) is 43.4 Å². The molecule has 1 spiro atoms. The number of ketones is 1. The van der Waals surface area contributed by atoms with Gasteiger partial charge in [0.2, 0.25) is 0 Å². The number of fused-ring (bicyclic) bond motifs is 5. The molecule has 5 aliphatic rings. The number of hydrogen-bond acceptors (Lipinski definition) is 4. The first kappa shape index (κ1) is 19.1. The second kappa shape index (κ2) is 6.04. The van der Waals surface area contributed by atoms with Gasteiger partial charge in [-0.1, -0.05) is 25.5 Å². The molecule has 0 aromatic carbocycles. The highest BCUT2D eigenvalue weighted by Crippen LogP contribution is 2.69. The third-order valence-electron chi connectivity index (χ3n) is 9.63. The van der Waals surface area contributed by atoms with E-state index < -0.39 is 5.60 Å². The summed E-state index contributed by atoms with van der Waals surface area (Å²) >= 11 is 4.37. The monoisotopic (exact) mass is 407 g/mol. The molecule has 6 atom stereocenters. The van der Waals surface area contributed by atoms with Crippen LogP contribution < -0.4 is 0 Å². The van der Waals surface area contributed by atoms with Crippen molar-refractivity contribution in [3.63, 3.8) is 0 Å². The maximum Gasteiger partial charge on any atom is 0.161 e. The van der Waals surface area contributed by atoms with Gasteiger partial charge >= 0.3 is 0 Å². The summed E-state index contributed by atoms with van der Waals surface area (Å²) in [6, 6.07) is 0. The first-order chi connectivity index (χ1) is 12.7. The van der Waals surface area contributed by atoms with Crippen LogP contribution in [0.25, 0.3) is 0 Å². The zero-order valence-electron chi connectivity index (χ0n) is 17.1. The molecular weight excluding hydrogens is 373 g/mol. The Kier molecular flexibility index (Phi) is 4.27. The highest BCUT2D eigenvalue weighted by atomic mass is 32.2. The smallest absolute Gasteiger partial charge is 0.161 e. The Balaban J connectivity index is 1.47. The summed E-state index contributed by atoms with van der Waals surface area (Å²) in [5.74, 6) is 4.58. The molecule has 0 radical (unpaired) electrons. The molecule has 5 rings (SSSR count). The lowest BCUT2D eigenvalue weighted by Crippen LogP contribution is -2.57. The van der Waals surface area contributed by atoms with E-state index in [1.54, 1.807) is 12.5 Å². The van der Waals surface area contributed by atoms with E-state index in [0.29, 0.717) is 27.8 Å². The summed E-state index contributed by atoms with van der Waals surface area (Å²) < 4.78 is 0.382. The molecule has 2 nitrogen and oxygen atoms in total. The summed E-state index contributed by atoms with van der Waals surface area (Å²) in [6.45, 7) is 6.40. The minimum absolute atomic E-state index is 0.00319. The predicted octanol–water partition coefficient (Wildman–Crippen LogP) is 5.45. The fourth-order valence-corrected chi connectivity index (χ4v) is 11.1. The van der Waals surface area contributed by atoms with Crippen molar-refractivity contribution < 1.29 is 9.90 Å². The average Bonchev–Trinajstić information content (AvgIpc) is 3.19. The van der Waals surface area contributed by atoms with Gasteiger partial charge < -0.3 is 5.11 Å². The summed E-state index contributed by atoms with van der Waals surface area (Å²) in [5, 5.41) is 11.3. The van der Waals surface area contributed by atoms with Crippen LogP contribution in [0.15, 0.2) is 11.6 Å². The average molecular weight is 408 g/mol. The number of thioether (sulfide) groups is 2. The van der Waals surface area contributed by atoms with Crippen LogP contribution in [0.2, 0.25) is 0 Å². The predicted molar refractivity (Wildman–Crippen MR) is 115 cm³/mol. The van der Waals surface area contributed by atoms with Crippen LogP contribution >= 0.6 is 23.5 Å². The highest BCUT2D eigenvalue weighted by Gasteiger charge is 2.65. The van der Waals surface area contributed by atoms with E-state index in [0.717, 1.165) is 18.8 Å². The molecule has 0 bridgehead atoms. The quantitative estimate of drug-likeness (QED) is 0.463. The third-order valence-corrected chi connectivity index (χ3v) is 13.0. The standard InChI is InChI=1S/C23H34O2S2/c1-15(24)23(25)9-7-19-17-5-4-16-14-22(26-12-13-27-22)11-10-20(16,2)18(17)6-8-21(19,23)3/h14,17-19,25H,4-13H2,1-3H3/t17-,18+,19+,20+,21+,23+/m1/s1/i1+1. The van der Waals surface area contributed by atoms with Crippen LogP contribution in [0.1, 0.15) is 72.1 Å². The molecule has 4 aliphatic carbocycles. The molecule has 4 fully saturated rings. The lowest BCUT2D eigenvalue weighted by Gasteiger charge is -2.59. The third kappa shape index (κ3) is 2.42. The van der Waals surface area contributed by atoms with Crippen LogP contribution in [0.4, 0.5) is 0 Å². The molecular formula is C23H34O2S2. The molecule has 3 saturated carbocycles. The van der Waals surface area contributed by atoms with Crippen LogP contribution in [-0.2, 0) is 4.79 Å². The van der Waals surface area contributed by atoms with E-state index >= 15 is 0 Å². The lowest BCUT2D eigenvalue weighted by atomic mass is 9.46. The van der Waals surface area contributed by atoms with E-state index in [-0.39, 0.29) is 11.2 Å². The van der Waals surface area contributed by atoms with Gasteiger partial charge in [-0.25, -0.2) is 0 Å². The van der Waals surface area contributed by atoms with Crippen molar-refractivity contribution in [2.24, 2.45) is 28.6 Å². The fourth-order valence-electron chi connectivity index (χ4n) is 7.97. The second-order valence-corrected chi connectivity index (χ2v) is 13.5. The number of carbonyl (C=O) groups is 1. The van der Waals surface area contributed by atoms with Crippen molar-refractivity contribution in [2.75, 3.05) is 11.5 Å². The van der Waals surface area contributed by atoms with E-state index in [4.69, 9.17) is 0 Å². The lowest BCUT2D eigenvalue weighted by molar-refractivity contribution is -0.159. The van der Waals surface area contributed by atoms with Crippen molar-refractivity contribution in [2.45, 2.75) is 81.8 Å². The minimum Gasteiger partial charge on any atom is -0.382 e. The zero-order valence-corrected chi connectivity index (χ0v) is 18.7. The first-order valence-electron chi connectivity index (χ1n) is 11.0. The highest BCUT2D eigenvalue weighted by molar-refractivity contribution is 8.21. The Morgan fingerprint density at radius 3 is 2.44 bits per heavy atom. The molecule has 1 aliphatic heterocycles. The van der Waals surface area contributed by atoms with Gasteiger partial charge in [0.1, 0.15) is 5.60 Å². The van der Waals surface area contributed by atoms with Gasteiger partial charge in [-0.2, -0.15) is 0 Å². The van der Waals surface area contributed by atoms with Gasteiger partial charge in [0.25, 0.3) is 0 Å². The van der Waals surface area contributed by atoms with Crippen LogP contribution in [-0.4, -0.2) is 32.1 Å². The Morgan fingerprint density at radius 2 is 1.74 bits per heavy atom. The zero-order chi connectivity index (χ0) is 19.1. The van der Waals surface area contributed by atoms with Gasteiger partial charge in [0.05, 0.1) is 4.08 Å². The molecule has 150 valence electrons. The number of carbonyl (C=O) groups excluding carboxylic acids is 1. The summed E-state index contributed by atoms with van der Waals surface area (Å²) in [6.07, 6.45) is 11.8.